The van der Waals surface area contributed by atoms with Crippen molar-refractivity contribution in [2.24, 2.45) is 0 Å². The van der Waals surface area contributed by atoms with Crippen molar-refractivity contribution in [1.82, 2.24) is 19.7 Å². The van der Waals surface area contributed by atoms with Gasteiger partial charge in [0.25, 0.3) is 5.91 Å². The van der Waals surface area contributed by atoms with Crippen LogP contribution in [0.5, 0.6) is 0 Å². The van der Waals surface area contributed by atoms with Crippen LogP contribution in [0.1, 0.15) is 28.8 Å². The van der Waals surface area contributed by atoms with Crippen LogP contribution in [0.4, 0.5) is 0 Å². The summed E-state index contributed by atoms with van der Waals surface area (Å²) in [5.41, 5.74) is 1.94. The number of likely N-dealkylation sites (N-methyl/N-ethyl adjacent to an activating group) is 1. The fourth-order valence-electron chi connectivity index (χ4n) is 2.22. The summed E-state index contributed by atoms with van der Waals surface area (Å²) >= 11 is 6.10. The molecule has 6 nitrogen and oxygen atoms in total. The average Bonchev–Trinajstić information content (AvgIpc) is 2.76. The normalized spacial score (nSPS) is 12.3. The van der Waals surface area contributed by atoms with Crippen LogP contribution in [0.3, 0.4) is 0 Å². The summed E-state index contributed by atoms with van der Waals surface area (Å²) in [4.78, 5) is 18.1. The number of amides is 1. The topological polar surface area (TPSA) is 71.2 Å². The van der Waals surface area contributed by atoms with E-state index in [2.05, 4.69) is 10.1 Å². The minimum absolute atomic E-state index is 0.148. The number of aromatic nitrogens is 3. The predicted octanol–water partition coefficient (Wildman–Crippen LogP) is 1.99. The molecule has 0 aliphatic carbocycles. The SMILES string of the molecule is Cc1cc(C)n(-c2ccc(Cl)c(C(=O)N(C)C[C@H](C)O)n2)n1. The molecule has 2 heterocycles. The maximum atomic E-state index is 12.4. The molecule has 0 radical (unpaired) electrons. The van der Waals surface area contributed by atoms with E-state index in [1.807, 2.05) is 19.9 Å². The summed E-state index contributed by atoms with van der Waals surface area (Å²) in [7, 11) is 1.60. The highest BCUT2D eigenvalue weighted by Gasteiger charge is 2.19. The lowest BCUT2D eigenvalue weighted by Crippen LogP contribution is -2.33. The molecule has 0 saturated heterocycles. The van der Waals surface area contributed by atoms with Crippen LogP contribution < -0.4 is 0 Å². The van der Waals surface area contributed by atoms with Crippen LogP contribution in [-0.4, -0.2) is 50.4 Å². The summed E-state index contributed by atoms with van der Waals surface area (Å²) < 4.78 is 1.66. The van der Waals surface area contributed by atoms with E-state index in [0.717, 1.165) is 11.4 Å². The first kappa shape index (κ1) is 16.5. The monoisotopic (exact) mass is 322 g/mol. The fraction of sp³-hybridized carbons (Fsp3) is 0.400. The minimum Gasteiger partial charge on any atom is -0.392 e. The van der Waals surface area contributed by atoms with Crippen molar-refractivity contribution >= 4 is 17.5 Å². The largest absolute Gasteiger partial charge is 0.392 e. The van der Waals surface area contributed by atoms with E-state index >= 15 is 0 Å². The first-order valence-corrected chi connectivity index (χ1v) is 7.31. The third kappa shape index (κ3) is 3.45. The van der Waals surface area contributed by atoms with E-state index in [4.69, 9.17) is 11.6 Å². The molecule has 7 heteroatoms. The number of aryl methyl sites for hydroxylation is 2. The molecule has 2 aromatic rings. The standard InChI is InChI=1S/C15H19ClN4O2/c1-9-7-10(2)20(18-9)13-6-5-12(16)14(17-13)15(22)19(4)8-11(3)21/h5-7,11,21H,8H2,1-4H3/t11-/m0/s1. The van der Waals surface area contributed by atoms with E-state index in [1.165, 1.54) is 4.90 Å². The molecule has 2 aromatic heterocycles. The number of carbonyl (C=O) groups excluding carboxylic acids is 1. The maximum Gasteiger partial charge on any atom is 0.273 e. The first-order chi connectivity index (χ1) is 10.3. The number of hydrogen-bond donors (Lipinski definition) is 1. The van der Waals surface area contributed by atoms with E-state index < -0.39 is 6.10 Å². The van der Waals surface area contributed by atoms with Gasteiger partial charge >= 0.3 is 0 Å². The highest BCUT2D eigenvalue weighted by Crippen LogP contribution is 2.19. The average molecular weight is 323 g/mol. The van der Waals surface area contributed by atoms with Gasteiger partial charge < -0.3 is 10.0 Å². The van der Waals surface area contributed by atoms with E-state index in [1.54, 1.807) is 30.8 Å². The molecule has 0 fully saturated rings. The van der Waals surface area contributed by atoms with Gasteiger partial charge in [0.2, 0.25) is 0 Å². The van der Waals surface area contributed by atoms with Crippen molar-refractivity contribution in [3.8, 4) is 5.82 Å². The number of pyridine rings is 1. The van der Waals surface area contributed by atoms with Crippen molar-refractivity contribution < 1.29 is 9.90 Å². The number of rotatable bonds is 4. The molecule has 0 aliphatic rings. The third-order valence-corrected chi connectivity index (χ3v) is 3.45. The molecule has 0 aromatic carbocycles. The number of aliphatic hydroxyl groups excluding tert-OH is 1. The van der Waals surface area contributed by atoms with Gasteiger partial charge in [-0.05, 0) is 39.0 Å². The zero-order valence-corrected chi connectivity index (χ0v) is 13.8. The van der Waals surface area contributed by atoms with Gasteiger partial charge in [-0.15, -0.1) is 0 Å². The summed E-state index contributed by atoms with van der Waals surface area (Å²) in [5.74, 6) is 0.193. The number of hydrogen-bond acceptors (Lipinski definition) is 4. The quantitative estimate of drug-likeness (QED) is 0.934. The summed E-state index contributed by atoms with van der Waals surface area (Å²) in [6, 6.07) is 5.27. The van der Waals surface area contributed by atoms with Crippen LogP contribution >= 0.6 is 11.6 Å². The summed E-state index contributed by atoms with van der Waals surface area (Å²) in [6.45, 7) is 5.63. The highest BCUT2D eigenvalue weighted by molar-refractivity contribution is 6.33. The van der Waals surface area contributed by atoms with Crippen molar-refractivity contribution in [2.75, 3.05) is 13.6 Å². The third-order valence-electron chi connectivity index (χ3n) is 3.15. The second-order valence-electron chi connectivity index (χ2n) is 5.37. The molecule has 118 valence electrons. The Morgan fingerprint density at radius 2 is 2.14 bits per heavy atom. The van der Waals surface area contributed by atoms with Crippen LogP contribution in [-0.2, 0) is 0 Å². The maximum absolute atomic E-state index is 12.4. The van der Waals surface area contributed by atoms with Crippen LogP contribution in [0.25, 0.3) is 5.82 Å². The van der Waals surface area contributed by atoms with Gasteiger partial charge in [-0.2, -0.15) is 5.10 Å². The van der Waals surface area contributed by atoms with Gasteiger partial charge in [-0.3, -0.25) is 4.79 Å². The van der Waals surface area contributed by atoms with Gasteiger partial charge in [0.05, 0.1) is 16.8 Å². The summed E-state index contributed by atoms with van der Waals surface area (Å²) in [5, 5.41) is 14.0. The van der Waals surface area contributed by atoms with Crippen LogP contribution in [0, 0.1) is 13.8 Å². The molecule has 22 heavy (non-hydrogen) atoms. The highest BCUT2D eigenvalue weighted by atomic mass is 35.5. The molecular weight excluding hydrogens is 304 g/mol. The van der Waals surface area contributed by atoms with Crippen LogP contribution in [0.2, 0.25) is 5.02 Å². The van der Waals surface area contributed by atoms with E-state index in [9.17, 15) is 9.90 Å². The van der Waals surface area contributed by atoms with Crippen LogP contribution in [0.15, 0.2) is 18.2 Å². The Morgan fingerprint density at radius 3 is 2.68 bits per heavy atom. The molecule has 2 rings (SSSR count). The lowest BCUT2D eigenvalue weighted by atomic mass is 10.3. The number of aliphatic hydroxyl groups is 1. The molecule has 0 unspecified atom stereocenters. The molecule has 1 N–H and O–H groups in total. The minimum atomic E-state index is -0.619. The Balaban J connectivity index is 2.39. The van der Waals surface area contributed by atoms with Crippen molar-refractivity contribution in [2.45, 2.75) is 26.9 Å². The van der Waals surface area contributed by atoms with Gasteiger partial charge in [-0.1, -0.05) is 11.6 Å². The Morgan fingerprint density at radius 1 is 1.45 bits per heavy atom. The Kier molecular flexibility index (Phi) is 4.83. The zero-order valence-electron chi connectivity index (χ0n) is 13.0. The van der Waals surface area contributed by atoms with Gasteiger partial charge in [0.15, 0.2) is 5.82 Å². The smallest absolute Gasteiger partial charge is 0.273 e. The molecule has 1 atom stereocenters. The lowest BCUT2D eigenvalue weighted by Gasteiger charge is -2.19. The van der Waals surface area contributed by atoms with Crippen molar-refractivity contribution in [3.05, 3.63) is 40.3 Å². The number of nitrogens with zero attached hydrogens (tertiary/aromatic N) is 4. The molecule has 1 amide bonds. The van der Waals surface area contributed by atoms with Gasteiger partial charge in [0, 0.05) is 19.3 Å². The second kappa shape index (κ2) is 6.46. The van der Waals surface area contributed by atoms with Gasteiger partial charge in [-0.25, -0.2) is 9.67 Å². The number of carbonyl (C=O) groups is 1. The molecular formula is C15H19ClN4O2. The van der Waals surface area contributed by atoms with Gasteiger partial charge in [0.1, 0.15) is 5.69 Å². The van der Waals surface area contributed by atoms with E-state index in [-0.39, 0.29) is 23.2 Å². The van der Waals surface area contributed by atoms with Crippen molar-refractivity contribution in [1.29, 1.82) is 0 Å². The van der Waals surface area contributed by atoms with E-state index in [0.29, 0.717) is 5.82 Å². The number of halogens is 1. The predicted molar refractivity (Wildman–Crippen MR) is 84.5 cm³/mol. The Bertz CT molecular complexity index is 697. The first-order valence-electron chi connectivity index (χ1n) is 6.93. The Hall–Kier alpha value is -1.92. The van der Waals surface area contributed by atoms with Crippen molar-refractivity contribution in [3.63, 3.8) is 0 Å². The molecule has 0 aliphatic heterocycles. The zero-order chi connectivity index (χ0) is 16.4. The molecule has 0 bridgehead atoms. The molecule has 0 saturated carbocycles. The Labute approximate surface area is 134 Å². The fourth-order valence-corrected chi connectivity index (χ4v) is 2.41. The lowest BCUT2D eigenvalue weighted by molar-refractivity contribution is 0.0698. The second-order valence-corrected chi connectivity index (χ2v) is 5.78. The molecule has 0 spiro atoms. The summed E-state index contributed by atoms with van der Waals surface area (Å²) in [6.07, 6.45) is -0.619.